The zero-order valence-electron chi connectivity index (χ0n) is 15.1. The Hall–Kier alpha value is -2.50. The van der Waals surface area contributed by atoms with Gasteiger partial charge in [0.15, 0.2) is 0 Å². The molecule has 1 saturated carbocycles. The summed E-state index contributed by atoms with van der Waals surface area (Å²) in [5, 5.41) is 4.06. The number of H-pyrrole nitrogens is 1. The van der Waals surface area contributed by atoms with Crippen LogP contribution in [0.2, 0.25) is 0 Å². The fourth-order valence-electron chi connectivity index (χ4n) is 3.73. The van der Waals surface area contributed by atoms with E-state index in [0.29, 0.717) is 13.1 Å². The van der Waals surface area contributed by atoms with Gasteiger partial charge in [-0.25, -0.2) is 0 Å². The first kappa shape index (κ1) is 16.9. The highest BCUT2D eigenvalue weighted by molar-refractivity contribution is 5.89. The van der Waals surface area contributed by atoms with Gasteiger partial charge < -0.3 is 19.9 Å². The Bertz CT molecular complexity index is 825. The molecule has 6 nitrogen and oxygen atoms in total. The van der Waals surface area contributed by atoms with Gasteiger partial charge in [-0.3, -0.25) is 9.59 Å². The first-order valence-corrected chi connectivity index (χ1v) is 9.39. The lowest BCUT2D eigenvalue weighted by molar-refractivity contribution is -0.143. The third-order valence-corrected chi connectivity index (χ3v) is 5.35. The van der Waals surface area contributed by atoms with Gasteiger partial charge in [-0.2, -0.15) is 0 Å². The molecule has 6 heteroatoms. The van der Waals surface area contributed by atoms with Crippen LogP contribution >= 0.6 is 0 Å². The van der Waals surface area contributed by atoms with E-state index in [-0.39, 0.29) is 23.8 Å². The minimum Gasteiger partial charge on any atom is -0.497 e. The fraction of sp³-hybridized carbons (Fsp3) is 0.500. The molecule has 1 aliphatic carbocycles. The molecule has 26 heavy (non-hydrogen) atoms. The maximum atomic E-state index is 12.7. The van der Waals surface area contributed by atoms with Gasteiger partial charge in [0, 0.05) is 29.1 Å². The van der Waals surface area contributed by atoms with Crippen LogP contribution in [0.5, 0.6) is 5.75 Å². The van der Waals surface area contributed by atoms with Crippen LogP contribution in [-0.2, 0) is 16.1 Å². The molecule has 138 valence electrons. The van der Waals surface area contributed by atoms with Gasteiger partial charge in [0.25, 0.3) is 0 Å². The monoisotopic (exact) mass is 355 g/mol. The molecule has 0 spiro atoms. The number of carbonyl (C=O) groups excluding carboxylic acids is 2. The lowest BCUT2D eigenvalue weighted by Crippen LogP contribution is -2.52. The summed E-state index contributed by atoms with van der Waals surface area (Å²) < 4.78 is 5.25. The zero-order chi connectivity index (χ0) is 18.1. The Morgan fingerprint density at radius 3 is 2.85 bits per heavy atom. The molecule has 1 aromatic heterocycles. The van der Waals surface area contributed by atoms with E-state index in [1.165, 1.54) is 0 Å². The van der Waals surface area contributed by atoms with Crippen LogP contribution in [0.15, 0.2) is 24.3 Å². The molecule has 2 aromatic rings. The SMILES string of the molecule is COc1ccc2[nH]c(CNC(=O)[C@@H]3CCCCN3C(=O)C3CC3)cc2c1. The Kier molecular flexibility index (Phi) is 4.57. The second-order valence-corrected chi connectivity index (χ2v) is 7.28. The van der Waals surface area contributed by atoms with Gasteiger partial charge in [0.1, 0.15) is 11.8 Å². The molecule has 2 amide bonds. The Labute approximate surface area is 152 Å². The smallest absolute Gasteiger partial charge is 0.243 e. The maximum Gasteiger partial charge on any atom is 0.243 e. The molecule has 1 saturated heterocycles. The van der Waals surface area contributed by atoms with Crippen LogP contribution in [-0.4, -0.2) is 41.4 Å². The average Bonchev–Trinajstić information content (AvgIpc) is 3.44. The molecule has 2 heterocycles. The molecule has 1 atom stereocenters. The highest BCUT2D eigenvalue weighted by Crippen LogP contribution is 2.33. The van der Waals surface area contributed by atoms with Crippen molar-refractivity contribution in [1.29, 1.82) is 0 Å². The number of ether oxygens (including phenoxy) is 1. The van der Waals surface area contributed by atoms with E-state index in [4.69, 9.17) is 4.74 Å². The van der Waals surface area contributed by atoms with E-state index in [2.05, 4.69) is 10.3 Å². The molecule has 1 aliphatic heterocycles. The minimum absolute atomic E-state index is 0.0464. The van der Waals surface area contributed by atoms with Crippen molar-refractivity contribution in [3.05, 3.63) is 30.0 Å². The molecule has 2 fully saturated rings. The second kappa shape index (κ2) is 7.02. The summed E-state index contributed by atoms with van der Waals surface area (Å²) >= 11 is 0. The molecule has 2 aliphatic rings. The highest BCUT2D eigenvalue weighted by atomic mass is 16.5. The number of aromatic amines is 1. The lowest BCUT2D eigenvalue weighted by atomic mass is 10.0. The van der Waals surface area contributed by atoms with Gasteiger partial charge in [-0.1, -0.05) is 0 Å². The Morgan fingerprint density at radius 2 is 2.08 bits per heavy atom. The second-order valence-electron chi connectivity index (χ2n) is 7.28. The summed E-state index contributed by atoms with van der Waals surface area (Å²) in [6.45, 7) is 1.14. The predicted octanol–water partition coefficient (Wildman–Crippen LogP) is 2.58. The third kappa shape index (κ3) is 3.41. The van der Waals surface area contributed by atoms with E-state index in [1.807, 2.05) is 29.2 Å². The number of hydrogen-bond acceptors (Lipinski definition) is 3. The van der Waals surface area contributed by atoms with Gasteiger partial charge in [-0.05, 0) is 56.4 Å². The molecule has 0 unspecified atom stereocenters. The number of fused-ring (bicyclic) bond motifs is 1. The quantitative estimate of drug-likeness (QED) is 0.866. The topological polar surface area (TPSA) is 74.4 Å². The van der Waals surface area contributed by atoms with Gasteiger partial charge in [-0.15, -0.1) is 0 Å². The summed E-state index contributed by atoms with van der Waals surface area (Å²) in [5.41, 5.74) is 1.95. The number of rotatable bonds is 5. The van der Waals surface area contributed by atoms with Crippen LogP contribution < -0.4 is 10.1 Å². The third-order valence-electron chi connectivity index (χ3n) is 5.35. The van der Waals surface area contributed by atoms with Crippen molar-refractivity contribution in [2.75, 3.05) is 13.7 Å². The van der Waals surface area contributed by atoms with E-state index in [0.717, 1.165) is 54.5 Å². The van der Waals surface area contributed by atoms with E-state index in [9.17, 15) is 9.59 Å². The van der Waals surface area contributed by atoms with Crippen LogP contribution in [0.3, 0.4) is 0 Å². The van der Waals surface area contributed by atoms with Crippen molar-refractivity contribution in [3.63, 3.8) is 0 Å². The van der Waals surface area contributed by atoms with Crippen LogP contribution in [0.25, 0.3) is 10.9 Å². The predicted molar refractivity (Wildman–Crippen MR) is 98.8 cm³/mol. The summed E-state index contributed by atoms with van der Waals surface area (Å²) in [6.07, 6.45) is 4.70. The van der Waals surface area contributed by atoms with Crippen molar-refractivity contribution in [3.8, 4) is 5.75 Å². The first-order valence-electron chi connectivity index (χ1n) is 9.39. The molecule has 1 aromatic carbocycles. The Balaban J connectivity index is 1.41. The van der Waals surface area contributed by atoms with Crippen molar-refractivity contribution in [2.45, 2.75) is 44.7 Å². The molecule has 0 radical (unpaired) electrons. The first-order chi connectivity index (χ1) is 12.7. The summed E-state index contributed by atoms with van der Waals surface area (Å²) in [6, 6.07) is 7.54. The van der Waals surface area contributed by atoms with E-state index in [1.54, 1.807) is 7.11 Å². The van der Waals surface area contributed by atoms with Crippen molar-refractivity contribution in [2.24, 2.45) is 5.92 Å². The minimum atomic E-state index is -0.318. The van der Waals surface area contributed by atoms with E-state index < -0.39 is 0 Å². The van der Waals surface area contributed by atoms with Crippen molar-refractivity contribution in [1.82, 2.24) is 15.2 Å². The number of aromatic nitrogens is 1. The van der Waals surface area contributed by atoms with Gasteiger partial charge in [0.2, 0.25) is 11.8 Å². The van der Waals surface area contributed by atoms with Crippen molar-refractivity contribution < 1.29 is 14.3 Å². The number of nitrogens with one attached hydrogen (secondary N) is 2. The van der Waals surface area contributed by atoms with Crippen LogP contribution in [0, 0.1) is 5.92 Å². The largest absolute Gasteiger partial charge is 0.497 e. The number of hydrogen-bond donors (Lipinski definition) is 2. The standard InChI is InChI=1S/C20H25N3O3/c1-26-16-7-8-17-14(11-16)10-15(22-17)12-21-19(24)18-4-2-3-9-23(18)20(25)13-5-6-13/h7-8,10-11,13,18,22H,2-6,9,12H2,1H3,(H,21,24)/t18-/m0/s1. The molecule has 2 N–H and O–H groups in total. The summed E-state index contributed by atoms with van der Waals surface area (Å²) in [7, 11) is 1.65. The summed E-state index contributed by atoms with van der Waals surface area (Å²) in [5.74, 6) is 1.09. The maximum absolute atomic E-state index is 12.7. The van der Waals surface area contributed by atoms with Crippen LogP contribution in [0.1, 0.15) is 37.8 Å². The number of nitrogens with zero attached hydrogens (tertiary/aromatic N) is 1. The fourth-order valence-corrected chi connectivity index (χ4v) is 3.73. The molecular weight excluding hydrogens is 330 g/mol. The number of carbonyl (C=O) groups is 2. The van der Waals surface area contributed by atoms with Gasteiger partial charge >= 0.3 is 0 Å². The number of methoxy groups -OCH3 is 1. The number of benzene rings is 1. The number of likely N-dealkylation sites (tertiary alicyclic amines) is 1. The molecule has 4 rings (SSSR count). The van der Waals surface area contributed by atoms with E-state index >= 15 is 0 Å². The number of piperidine rings is 1. The zero-order valence-corrected chi connectivity index (χ0v) is 15.1. The number of amides is 2. The average molecular weight is 355 g/mol. The van der Waals surface area contributed by atoms with Gasteiger partial charge in [0.05, 0.1) is 13.7 Å². The molecular formula is C20H25N3O3. The lowest BCUT2D eigenvalue weighted by Gasteiger charge is -2.34. The Morgan fingerprint density at radius 1 is 1.23 bits per heavy atom. The van der Waals surface area contributed by atoms with Crippen LogP contribution in [0.4, 0.5) is 0 Å². The highest BCUT2D eigenvalue weighted by Gasteiger charge is 2.39. The normalized spacial score (nSPS) is 20.2. The molecule has 0 bridgehead atoms. The summed E-state index contributed by atoms with van der Waals surface area (Å²) in [4.78, 5) is 30.3. The van der Waals surface area contributed by atoms with Crippen molar-refractivity contribution >= 4 is 22.7 Å².